The van der Waals surface area contributed by atoms with Gasteiger partial charge in [0.2, 0.25) is 6.29 Å². The zero-order valence-corrected chi connectivity index (χ0v) is 46.3. The van der Waals surface area contributed by atoms with Crippen LogP contribution >= 0.6 is 0 Å². The number of carbonyl (C=O) groups excluding carboxylic acids is 1. The monoisotopic (exact) mass is 1080 g/mol. The number of carboxylic acids is 1. The van der Waals surface area contributed by atoms with Crippen LogP contribution < -0.4 is 0 Å². The average Bonchev–Trinajstić information content (AvgIpc) is 3.53. The van der Waals surface area contributed by atoms with Crippen molar-refractivity contribution in [2.75, 3.05) is 13.2 Å². The Morgan fingerprint density at radius 1 is 0.658 bits per heavy atom. The highest BCUT2D eigenvalue weighted by molar-refractivity contribution is 5.80. The number of aliphatic hydroxyl groups is 9. The highest BCUT2D eigenvalue weighted by Crippen LogP contribution is 2.76. The second-order valence-electron chi connectivity index (χ2n) is 27.1. The van der Waals surface area contributed by atoms with Crippen LogP contribution in [-0.2, 0) is 47.5 Å². The van der Waals surface area contributed by atoms with Crippen LogP contribution in [0.5, 0.6) is 0 Å². The molecule has 4 saturated carbocycles. The molecule has 9 aliphatic rings. The maximum atomic E-state index is 14.9. The fourth-order valence-corrected chi connectivity index (χ4v) is 16.8. The standard InChI is InChI=1S/C56H90O20/c1-24-23-69-46(26(3)25(24)2)75-44-42(73-47-39(63)37(61)35(59)27(4)70-47)41(65)43(45(66)67)74-49(44)72-34-15-16-53(9)31(52(34,7)8)14-17-54(10)32(53)13-12-28-29-20-51(5,6)18-19-56(29,33(58)21-55(28,54)11)50(68)76-48-40(64)38(62)36(60)30(22-57)71-48/h12,24-27,29-44,46-49,57-65H,13-23H2,1-11H3,(H,66,67)/t24-,25+,26-,27+,29+,30-,31+,32-,33+,34+,35+,36-,37-,38+,39-,40-,41+,42+,43+,44-,46+,47+,48+,49?,53+,54-,55-,56-/m1/s1. The van der Waals surface area contributed by atoms with E-state index in [4.69, 9.17) is 37.9 Å². The minimum absolute atomic E-state index is 0.0604. The smallest absolute Gasteiger partial charge is 0.335 e. The summed E-state index contributed by atoms with van der Waals surface area (Å²) < 4.78 is 50.1. The number of ether oxygens (including phenoxy) is 8. The van der Waals surface area contributed by atoms with Crippen LogP contribution in [0.25, 0.3) is 0 Å². The summed E-state index contributed by atoms with van der Waals surface area (Å²) in [5.41, 5.74) is -2.25. The Hall–Kier alpha value is -1.96. The van der Waals surface area contributed by atoms with E-state index in [-0.39, 0.29) is 52.3 Å². The second-order valence-corrected chi connectivity index (χ2v) is 27.1. The first kappa shape index (κ1) is 58.7. The van der Waals surface area contributed by atoms with E-state index in [9.17, 15) is 60.7 Å². The molecule has 0 radical (unpaired) electrons. The van der Waals surface area contributed by atoms with Gasteiger partial charge in [0.15, 0.2) is 25.0 Å². The molecule has 8 fully saturated rings. The van der Waals surface area contributed by atoms with Gasteiger partial charge in [0.25, 0.3) is 0 Å². The van der Waals surface area contributed by atoms with Gasteiger partial charge in [-0.25, -0.2) is 4.79 Å². The molecule has 9 rings (SSSR count). The Morgan fingerprint density at radius 3 is 1.99 bits per heavy atom. The predicted molar refractivity (Wildman–Crippen MR) is 267 cm³/mol. The largest absolute Gasteiger partial charge is 0.479 e. The van der Waals surface area contributed by atoms with E-state index in [1.165, 1.54) is 6.92 Å². The van der Waals surface area contributed by atoms with Gasteiger partial charge in [0, 0.05) is 5.92 Å². The fourth-order valence-electron chi connectivity index (χ4n) is 16.8. The molecule has 20 heteroatoms. The molecule has 0 bridgehead atoms. The Kier molecular flexibility index (Phi) is 16.1. The Bertz CT molecular complexity index is 2160. The quantitative estimate of drug-likeness (QED) is 0.0854. The number of hydrogen-bond acceptors (Lipinski definition) is 19. The number of aliphatic carboxylic acids is 1. The van der Waals surface area contributed by atoms with Crippen molar-refractivity contribution in [1.29, 1.82) is 0 Å². The zero-order valence-electron chi connectivity index (χ0n) is 46.3. The SMILES string of the molecule is C[C@@H]1[C@@H](C)[C@H](O[C@H]2C(O[C@H]3CC[C@]4(C)[C@H]5CC=C6[C@@H]7CC(C)(C)CC[C@]7(C(=O)O[C@@H]7O[C@H](CO)[C@@H](O)[C@H](O)[C@H]7O)[C@@H](O)C[C@@]6(C)[C@]5(C)CC[C@H]4C3(C)C)O[C@H](C(=O)O)[C@@H](O)[C@@H]2O[C@@H]2O[C@@H](C)[C@H](O)[C@@H](O)[C@H]2O)OC[C@H]1C. The molecule has 4 saturated heterocycles. The van der Waals surface area contributed by atoms with E-state index in [0.29, 0.717) is 45.1 Å². The van der Waals surface area contributed by atoms with Crippen LogP contribution in [0.2, 0.25) is 0 Å². The molecule has 0 aromatic carbocycles. The second kappa shape index (κ2) is 20.8. The minimum atomic E-state index is -1.87. The van der Waals surface area contributed by atoms with Gasteiger partial charge in [-0.3, -0.25) is 4.79 Å². The van der Waals surface area contributed by atoms with Gasteiger partial charge in [-0.15, -0.1) is 0 Å². The summed E-state index contributed by atoms with van der Waals surface area (Å²) in [7, 11) is 0. The first-order valence-electron chi connectivity index (χ1n) is 28.1. The summed E-state index contributed by atoms with van der Waals surface area (Å²) in [6.07, 6.45) is -18.6. The Labute approximate surface area is 446 Å². The van der Waals surface area contributed by atoms with Crippen molar-refractivity contribution in [3.63, 3.8) is 0 Å². The van der Waals surface area contributed by atoms with Crippen LogP contribution in [0.3, 0.4) is 0 Å². The maximum Gasteiger partial charge on any atom is 0.335 e. The summed E-state index contributed by atoms with van der Waals surface area (Å²) in [4.78, 5) is 27.8. The van der Waals surface area contributed by atoms with Crippen LogP contribution in [0.15, 0.2) is 11.6 Å². The topological polar surface area (TPSA) is 310 Å². The van der Waals surface area contributed by atoms with Crippen LogP contribution in [-0.4, -0.2) is 187 Å². The van der Waals surface area contributed by atoms with Gasteiger partial charge >= 0.3 is 11.9 Å². The van der Waals surface area contributed by atoms with Gasteiger partial charge < -0.3 is 89.0 Å². The molecule has 1 unspecified atom stereocenters. The molecule has 0 spiro atoms. The molecule has 0 aromatic rings. The lowest BCUT2D eigenvalue weighted by Gasteiger charge is -2.72. The molecular weight excluding hydrogens is 993 g/mol. The lowest BCUT2D eigenvalue weighted by molar-refractivity contribution is -0.385. The van der Waals surface area contributed by atoms with E-state index in [1.807, 2.05) is 6.92 Å². The number of fused-ring (bicyclic) bond motifs is 7. The van der Waals surface area contributed by atoms with Gasteiger partial charge in [-0.1, -0.05) is 80.9 Å². The number of hydrogen-bond donors (Lipinski definition) is 10. The van der Waals surface area contributed by atoms with Crippen LogP contribution in [0, 0.1) is 68.0 Å². The summed E-state index contributed by atoms with van der Waals surface area (Å²) in [6, 6.07) is 0. The first-order valence-corrected chi connectivity index (χ1v) is 28.1. The van der Waals surface area contributed by atoms with Crippen molar-refractivity contribution >= 4 is 11.9 Å². The van der Waals surface area contributed by atoms with E-state index >= 15 is 0 Å². The third-order valence-electron chi connectivity index (χ3n) is 22.2. The summed E-state index contributed by atoms with van der Waals surface area (Å²) >= 11 is 0. The molecule has 28 atom stereocenters. The molecule has 0 aromatic heterocycles. The van der Waals surface area contributed by atoms with Crippen molar-refractivity contribution in [1.82, 2.24) is 0 Å². The number of aliphatic hydroxyl groups excluding tert-OH is 9. The van der Waals surface area contributed by atoms with Crippen LogP contribution in [0.1, 0.15) is 134 Å². The van der Waals surface area contributed by atoms with Crippen molar-refractivity contribution in [3.05, 3.63) is 11.6 Å². The van der Waals surface area contributed by atoms with E-state index in [0.717, 1.165) is 18.4 Å². The molecule has 4 aliphatic heterocycles. The van der Waals surface area contributed by atoms with Gasteiger partial charge in [-0.2, -0.15) is 0 Å². The average molecular weight is 1080 g/mol. The van der Waals surface area contributed by atoms with Crippen LogP contribution in [0.4, 0.5) is 0 Å². The van der Waals surface area contributed by atoms with E-state index < -0.39 is 151 Å². The highest BCUT2D eigenvalue weighted by Gasteiger charge is 2.72. The molecule has 0 amide bonds. The molecule has 10 N–H and O–H groups in total. The normalized spacial score (nSPS) is 53.9. The summed E-state index contributed by atoms with van der Waals surface area (Å²) in [6.45, 7) is 23.0. The molecule has 434 valence electrons. The number of rotatable bonds is 10. The Morgan fingerprint density at radius 2 is 1.32 bits per heavy atom. The minimum Gasteiger partial charge on any atom is -0.479 e. The summed E-state index contributed by atoms with van der Waals surface area (Å²) in [5, 5.41) is 109. The zero-order chi connectivity index (χ0) is 55.7. The predicted octanol–water partition coefficient (Wildman–Crippen LogP) is 2.52. The number of carbonyl (C=O) groups is 2. The lowest BCUT2D eigenvalue weighted by Crippen LogP contribution is -2.69. The van der Waals surface area contributed by atoms with Crippen molar-refractivity contribution in [2.45, 2.75) is 245 Å². The van der Waals surface area contributed by atoms with Gasteiger partial charge in [0.1, 0.15) is 66.5 Å². The van der Waals surface area contributed by atoms with Gasteiger partial charge in [0.05, 0.1) is 31.5 Å². The lowest BCUT2D eigenvalue weighted by atomic mass is 9.33. The third kappa shape index (κ3) is 9.27. The third-order valence-corrected chi connectivity index (χ3v) is 22.2. The Balaban J connectivity index is 1.01. The summed E-state index contributed by atoms with van der Waals surface area (Å²) in [5.74, 6) is -2.30. The molecule has 20 nitrogen and oxygen atoms in total. The van der Waals surface area contributed by atoms with Crippen molar-refractivity contribution < 1.29 is 98.5 Å². The van der Waals surface area contributed by atoms with Crippen molar-refractivity contribution in [2.24, 2.45) is 68.0 Å². The molecule has 5 aliphatic carbocycles. The fraction of sp³-hybridized carbons (Fsp3) is 0.929. The number of carboxylic acid groups (broad SMARTS) is 1. The molecular formula is C56H90O20. The molecule has 4 heterocycles. The van der Waals surface area contributed by atoms with Gasteiger partial charge in [-0.05, 0) is 121 Å². The van der Waals surface area contributed by atoms with E-state index in [2.05, 4.69) is 68.4 Å². The number of allylic oxidation sites excluding steroid dienone is 2. The van der Waals surface area contributed by atoms with E-state index in [1.54, 1.807) is 0 Å². The maximum absolute atomic E-state index is 14.9. The molecule has 76 heavy (non-hydrogen) atoms. The first-order chi connectivity index (χ1) is 35.4. The highest BCUT2D eigenvalue weighted by atomic mass is 16.8. The number of esters is 1. The van der Waals surface area contributed by atoms with Crippen molar-refractivity contribution in [3.8, 4) is 0 Å².